The van der Waals surface area contributed by atoms with Crippen LogP contribution in [0.5, 0.6) is 0 Å². The molecule has 0 heterocycles. The fourth-order valence-electron chi connectivity index (χ4n) is 2.82. The first-order valence-corrected chi connectivity index (χ1v) is 6.02. The average molecular weight is 224 g/mol. The third-order valence-electron chi connectivity index (χ3n) is 3.97. The van der Waals surface area contributed by atoms with Crippen molar-refractivity contribution in [2.75, 3.05) is 0 Å². The Morgan fingerprint density at radius 1 is 1.44 bits per heavy atom. The summed E-state index contributed by atoms with van der Waals surface area (Å²) < 4.78 is 23.8. The lowest BCUT2D eigenvalue weighted by Crippen LogP contribution is -2.28. The van der Waals surface area contributed by atoms with Crippen LogP contribution in [0.25, 0.3) is 0 Å². The number of allylic oxidation sites excluding steroid dienone is 5. The van der Waals surface area contributed by atoms with Gasteiger partial charge < -0.3 is 0 Å². The highest BCUT2D eigenvalue weighted by atomic mass is 19.3. The third kappa shape index (κ3) is 2.11. The van der Waals surface area contributed by atoms with Crippen LogP contribution in [0.3, 0.4) is 0 Å². The third-order valence-corrected chi connectivity index (χ3v) is 3.97. The highest BCUT2D eigenvalue weighted by Crippen LogP contribution is 2.47. The standard InChI is InChI=1S/C14H18F2/c1-9-6-7-12-8-11(14(12)10(9)2)4-3-5-13(15)16/h5-7,9-11H,3-4,8H2,1-2H3. The molecule has 2 aliphatic carbocycles. The van der Waals surface area contributed by atoms with Gasteiger partial charge in [0.05, 0.1) is 0 Å². The van der Waals surface area contributed by atoms with Crippen molar-refractivity contribution in [3.05, 3.63) is 35.5 Å². The molecule has 0 aromatic carbocycles. The quantitative estimate of drug-likeness (QED) is 0.651. The first kappa shape index (κ1) is 11.6. The fraction of sp³-hybridized carbons (Fsp3) is 0.571. The Hall–Kier alpha value is -0.920. The number of hydrogen-bond acceptors (Lipinski definition) is 0. The van der Waals surface area contributed by atoms with E-state index in [-0.39, 0.29) is 0 Å². The molecule has 16 heavy (non-hydrogen) atoms. The number of rotatable bonds is 3. The first-order chi connectivity index (χ1) is 7.59. The zero-order valence-electron chi connectivity index (χ0n) is 9.84. The molecule has 3 atom stereocenters. The van der Waals surface area contributed by atoms with Gasteiger partial charge in [-0.05, 0) is 48.7 Å². The molecule has 0 bridgehead atoms. The maximum absolute atomic E-state index is 11.9. The Labute approximate surface area is 95.7 Å². The summed E-state index contributed by atoms with van der Waals surface area (Å²) in [5, 5.41) is 0. The summed E-state index contributed by atoms with van der Waals surface area (Å²) in [6, 6.07) is 0. The second-order valence-electron chi connectivity index (χ2n) is 4.96. The van der Waals surface area contributed by atoms with Crippen molar-refractivity contribution in [3.63, 3.8) is 0 Å². The minimum atomic E-state index is -1.54. The summed E-state index contributed by atoms with van der Waals surface area (Å²) in [6.45, 7) is 4.47. The Balaban J connectivity index is 1.95. The predicted octanol–water partition coefficient (Wildman–Crippen LogP) is 4.71. The average Bonchev–Trinajstić information content (AvgIpc) is 2.18. The van der Waals surface area contributed by atoms with E-state index in [2.05, 4.69) is 26.0 Å². The Morgan fingerprint density at radius 3 is 2.88 bits per heavy atom. The van der Waals surface area contributed by atoms with Gasteiger partial charge in [0.25, 0.3) is 6.08 Å². The maximum atomic E-state index is 11.9. The zero-order valence-corrected chi connectivity index (χ0v) is 9.84. The largest absolute Gasteiger partial charge is 0.266 e. The lowest BCUT2D eigenvalue weighted by Gasteiger charge is -2.40. The normalized spacial score (nSPS) is 32.1. The summed E-state index contributed by atoms with van der Waals surface area (Å²) in [7, 11) is 0. The molecule has 3 unspecified atom stereocenters. The fourth-order valence-corrected chi connectivity index (χ4v) is 2.82. The molecule has 0 aromatic heterocycles. The summed E-state index contributed by atoms with van der Waals surface area (Å²) in [5.74, 6) is 1.74. The van der Waals surface area contributed by atoms with Gasteiger partial charge in [0, 0.05) is 0 Å². The molecule has 2 rings (SSSR count). The molecule has 0 aromatic rings. The summed E-state index contributed by atoms with van der Waals surface area (Å²) in [4.78, 5) is 0. The van der Waals surface area contributed by atoms with Crippen LogP contribution in [0.4, 0.5) is 8.78 Å². The predicted molar refractivity (Wildman–Crippen MR) is 62.1 cm³/mol. The Bertz CT molecular complexity index is 359. The SMILES string of the molecule is CC1C=CC2=C(C(CCC=C(F)F)C2)C1C. The summed E-state index contributed by atoms with van der Waals surface area (Å²) in [6.07, 6.45) is 6.47. The number of halogens is 2. The molecule has 2 heteroatoms. The van der Waals surface area contributed by atoms with Crippen LogP contribution in [-0.4, -0.2) is 0 Å². The molecule has 0 saturated carbocycles. The lowest BCUT2D eigenvalue weighted by atomic mass is 9.64. The Kier molecular flexibility index (Phi) is 3.27. The van der Waals surface area contributed by atoms with Gasteiger partial charge in [0.1, 0.15) is 0 Å². The van der Waals surface area contributed by atoms with E-state index in [0.29, 0.717) is 24.2 Å². The number of hydrogen-bond donors (Lipinski definition) is 0. The van der Waals surface area contributed by atoms with Crippen molar-refractivity contribution >= 4 is 0 Å². The molecule has 0 saturated heterocycles. The second kappa shape index (κ2) is 4.52. The van der Waals surface area contributed by atoms with Gasteiger partial charge in [-0.1, -0.05) is 31.6 Å². The summed E-state index contributed by atoms with van der Waals surface area (Å²) >= 11 is 0. The van der Waals surface area contributed by atoms with Crippen molar-refractivity contribution in [1.82, 2.24) is 0 Å². The molecule has 0 nitrogen and oxygen atoms in total. The van der Waals surface area contributed by atoms with Gasteiger partial charge in [-0.3, -0.25) is 0 Å². The van der Waals surface area contributed by atoms with Gasteiger partial charge in [-0.25, -0.2) is 0 Å². The molecular formula is C14H18F2. The van der Waals surface area contributed by atoms with Crippen molar-refractivity contribution in [2.45, 2.75) is 33.1 Å². The van der Waals surface area contributed by atoms with E-state index in [1.165, 1.54) is 11.1 Å². The van der Waals surface area contributed by atoms with Crippen LogP contribution in [0.15, 0.2) is 35.5 Å². The molecule has 88 valence electrons. The molecule has 0 N–H and O–H groups in total. The molecule has 0 radical (unpaired) electrons. The van der Waals surface area contributed by atoms with E-state index in [1.807, 2.05) is 0 Å². The monoisotopic (exact) mass is 224 g/mol. The molecule has 0 fully saturated rings. The zero-order chi connectivity index (χ0) is 11.7. The van der Waals surface area contributed by atoms with Gasteiger partial charge in [0.15, 0.2) is 0 Å². The highest BCUT2D eigenvalue weighted by Gasteiger charge is 2.34. The van der Waals surface area contributed by atoms with E-state index in [1.54, 1.807) is 0 Å². The van der Waals surface area contributed by atoms with E-state index >= 15 is 0 Å². The van der Waals surface area contributed by atoms with Gasteiger partial charge in [-0.2, -0.15) is 8.78 Å². The van der Waals surface area contributed by atoms with Gasteiger partial charge in [0.2, 0.25) is 0 Å². The van der Waals surface area contributed by atoms with E-state index in [9.17, 15) is 8.78 Å². The van der Waals surface area contributed by atoms with E-state index in [4.69, 9.17) is 0 Å². The molecule has 0 spiro atoms. The Morgan fingerprint density at radius 2 is 2.19 bits per heavy atom. The van der Waals surface area contributed by atoms with Gasteiger partial charge in [-0.15, -0.1) is 0 Å². The van der Waals surface area contributed by atoms with Crippen LogP contribution < -0.4 is 0 Å². The molecule has 0 aliphatic heterocycles. The van der Waals surface area contributed by atoms with E-state index < -0.39 is 6.08 Å². The van der Waals surface area contributed by atoms with Crippen LogP contribution in [0, 0.1) is 17.8 Å². The first-order valence-electron chi connectivity index (χ1n) is 6.02. The van der Waals surface area contributed by atoms with Crippen LogP contribution in [-0.2, 0) is 0 Å². The van der Waals surface area contributed by atoms with Crippen LogP contribution >= 0.6 is 0 Å². The lowest BCUT2D eigenvalue weighted by molar-refractivity contribution is 0.375. The van der Waals surface area contributed by atoms with Crippen LogP contribution in [0.1, 0.15) is 33.1 Å². The minimum Gasteiger partial charge on any atom is -0.174 e. The van der Waals surface area contributed by atoms with Gasteiger partial charge >= 0.3 is 0 Å². The maximum Gasteiger partial charge on any atom is 0.266 e. The smallest absolute Gasteiger partial charge is 0.174 e. The van der Waals surface area contributed by atoms with E-state index in [0.717, 1.165) is 18.9 Å². The highest BCUT2D eigenvalue weighted by molar-refractivity contribution is 5.41. The van der Waals surface area contributed by atoms with Crippen molar-refractivity contribution in [1.29, 1.82) is 0 Å². The van der Waals surface area contributed by atoms with Crippen molar-refractivity contribution in [2.24, 2.45) is 17.8 Å². The van der Waals surface area contributed by atoms with Crippen molar-refractivity contribution < 1.29 is 8.78 Å². The minimum absolute atomic E-state index is 0.509. The second-order valence-corrected chi connectivity index (χ2v) is 4.96. The topological polar surface area (TPSA) is 0 Å². The molecule has 0 amide bonds. The summed E-state index contributed by atoms with van der Waals surface area (Å²) in [5.41, 5.74) is 2.99. The van der Waals surface area contributed by atoms with Crippen molar-refractivity contribution in [3.8, 4) is 0 Å². The molecule has 2 aliphatic rings. The van der Waals surface area contributed by atoms with Crippen LogP contribution in [0.2, 0.25) is 0 Å². The molecular weight excluding hydrogens is 206 g/mol.